The molecule has 0 aliphatic carbocycles. The van der Waals surface area contributed by atoms with Gasteiger partial charge in [0.2, 0.25) is 0 Å². The molecule has 0 amide bonds. The summed E-state index contributed by atoms with van der Waals surface area (Å²) in [6.07, 6.45) is 0. The third-order valence-electron chi connectivity index (χ3n) is 9.59. The molecule has 0 saturated carbocycles. The molecule has 10 aromatic rings. The Morgan fingerprint density at radius 2 is 1.02 bits per heavy atom. The molecule has 2 heterocycles. The summed E-state index contributed by atoms with van der Waals surface area (Å²) in [4.78, 5) is 0. The fraction of sp³-hybridized carbons (Fsp3) is 0. The first-order valence-corrected chi connectivity index (χ1v) is 15.8. The van der Waals surface area contributed by atoms with Gasteiger partial charge in [-0.05, 0) is 80.7 Å². The van der Waals surface area contributed by atoms with E-state index >= 15 is 0 Å². The zero-order valence-electron chi connectivity index (χ0n) is 24.9. The Morgan fingerprint density at radius 3 is 1.89 bits per heavy atom. The second-order valence-electron chi connectivity index (χ2n) is 12.1. The van der Waals surface area contributed by atoms with Gasteiger partial charge in [-0.3, -0.25) is 0 Å². The minimum atomic E-state index is 0.919. The molecule has 0 radical (unpaired) electrons. The van der Waals surface area contributed by atoms with E-state index in [-0.39, 0.29) is 0 Å². The van der Waals surface area contributed by atoms with Crippen LogP contribution in [0.25, 0.3) is 93.2 Å². The molecule has 0 aliphatic rings. The van der Waals surface area contributed by atoms with Gasteiger partial charge in [0.25, 0.3) is 0 Å². The molecule has 0 spiro atoms. The lowest BCUT2D eigenvalue weighted by molar-refractivity contribution is 0.670. The molecule has 0 unspecified atom stereocenters. The molecule has 2 heteroatoms. The van der Waals surface area contributed by atoms with Gasteiger partial charge in [0.15, 0.2) is 0 Å². The van der Waals surface area contributed by atoms with E-state index in [4.69, 9.17) is 4.42 Å². The van der Waals surface area contributed by atoms with Crippen LogP contribution in [0.1, 0.15) is 0 Å². The molecule has 46 heavy (non-hydrogen) atoms. The normalized spacial score (nSPS) is 11.9. The van der Waals surface area contributed by atoms with Gasteiger partial charge in [-0.15, -0.1) is 0 Å². The highest BCUT2D eigenvalue weighted by Crippen LogP contribution is 2.40. The van der Waals surface area contributed by atoms with Gasteiger partial charge in [-0.25, -0.2) is 0 Å². The minimum absolute atomic E-state index is 0.919. The van der Waals surface area contributed by atoms with Crippen LogP contribution >= 0.6 is 0 Å². The number of furan rings is 1. The SMILES string of the molecule is c1ccc2c(c1)cc(-c1ccc(-n3c4ccccc4c4cc(-c5cccc6c5oc5ccccc56)ccc43)cc1)c1ccccc12. The van der Waals surface area contributed by atoms with Crippen molar-refractivity contribution in [3.63, 3.8) is 0 Å². The van der Waals surface area contributed by atoms with Crippen molar-refractivity contribution in [2.75, 3.05) is 0 Å². The fourth-order valence-corrected chi connectivity index (χ4v) is 7.48. The van der Waals surface area contributed by atoms with Crippen molar-refractivity contribution < 1.29 is 4.42 Å². The summed E-state index contributed by atoms with van der Waals surface area (Å²) in [6, 6.07) is 59.0. The Kier molecular flexibility index (Phi) is 5.31. The molecule has 2 nitrogen and oxygen atoms in total. The van der Waals surface area contributed by atoms with Gasteiger partial charge in [0.1, 0.15) is 11.2 Å². The molecule has 2 aromatic heterocycles. The maximum Gasteiger partial charge on any atom is 0.143 e. The zero-order valence-corrected chi connectivity index (χ0v) is 24.9. The minimum Gasteiger partial charge on any atom is -0.455 e. The molecule has 0 saturated heterocycles. The van der Waals surface area contributed by atoms with E-state index in [1.807, 2.05) is 12.1 Å². The standard InChI is InChI=1S/C44H27NO/c1-2-11-32-29(10-1)26-39(35-13-4-3-12-34(32)35)28-20-23-31(24-21-28)45-41-18-7-5-14-36(41)40-27-30(22-25-42(40)45)33-16-9-17-38-37-15-6-8-19-43(37)46-44(33)38/h1-27H. The Morgan fingerprint density at radius 1 is 0.370 bits per heavy atom. The monoisotopic (exact) mass is 585 g/mol. The maximum absolute atomic E-state index is 6.40. The highest BCUT2D eigenvalue weighted by atomic mass is 16.3. The number of hydrogen-bond acceptors (Lipinski definition) is 1. The average Bonchev–Trinajstić information content (AvgIpc) is 3.67. The highest BCUT2D eigenvalue weighted by molar-refractivity contribution is 6.15. The summed E-state index contributed by atoms with van der Waals surface area (Å²) in [5.41, 5.74) is 10.1. The van der Waals surface area contributed by atoms with Crippen molar-refractivity contribution in [3.05, 3.63) is 164 Å². The lowest BCUT2D eigenvalue weighted by Crippen LogP contribution is -1.94. The number of nitrogens with zero attached hydrogens (tertiary/aromatic N) is 1. The molecule has 0 aliphatic heterocycles. The largest absolute Gasteiger partial charge is 0.455 e. The Labute approximate surface area is 265 Å². The van der Waals surface area contributed by atoms with Crippen molar-refractivity contribution in [2.45, 2.75) is 0 Å². The van der Waals surface area contributed by atoms with Crippen LogP contribution in [-0.2, 0) is 0 Å². The van der Waals surface area contributed by atoms with Gasteiger partial charge in [0, 0.05) is 32.8 Å². The van der Waals surface area contributed by atoms with Crippen LogP contribution in [-0.4, -0.2) is 4.57 Å². The van der Waals surface area contributed by atoms with Crippen LogP contribution in [0.15, 0.2) is 168 Å². The van der Waals surface area contributed by atoms with Gasteiger partial charge in [0.05, 0.1) is 11.0 Å². The van der Waals surface area contributed by atoms with Crippen LogP contribution in [0, 0.1) is 0 Å². The number of rotatable bonds is 3. The molecular weight excluding hydrogens is 558 g/mol. The number of fused-ring (bicyclic) bond motifs is 9. The van der Waals surface area contributed by atoms with E-state index < -0.39 is 0 Å². The second-order valence-corrected chi connectivity index (χ2v) is 12.1. The number of para-hydroxylation sites is 3. The number of benzene rings is 8. The number of aromatic nitrogens is 1. The van der Waals surface area contributed by atoms with Crippen molar-refractivity contribution in [2.24, 2.45) is 0 Å². The van der Waals surface area contributed by atoms with Gasteiger partial charge in [-0.2, -0.15) is 0 Å². The molecule has 0 N–H and O–H groups in total. The van der Waals surface area contributed by atoms with Crippen molar-refractivity contribution >= 4 is 65.3 Å². The van der Waals surface area contributed by atoms with E-state index in [0.717, 1.165) is 38.8 Å². The molecule has 0 fully saturated rings. The van der Waals surface area contributed by atoms with Crippen LogP contribution in [0.5, 0.6) is 0 Å². The van der Waals surface area contributed by atoms with Crippen LogP contribution in [0.2, 0.25) is 0 Å². The van der Waals surface area contributed by atoms with Gasteiger partial charge < -0.3 is 8.98 Å². The van der Waals surface area contributed by atoms with Crippen molar-refractivity contribution in [1.29, 1.82) is 0 Å². The van der Waals surface area contributed by atoms with E-state index in [9.17, 15) is 0 Å². The maximum atomic E-state index is 6.40. The van der Waals surface area contributed by atoms with Crippen molar-refractivity contribution in [1.82, 2.24) is 4.57 Å². The van der Waals surface area contributed by atoms with E-state index in [1.54, 1.807) is 0 Å². The molecule has 10 rings (SSSR count). The lowest BCUT2D eigenvalue weighted by atomic mass is 9.93. The predicted octanol–water partition coefficient (Wildman–Crippen LogP) is 12.3. The molecule has 0 bridgehead atoms. The Bertz CT molecular complexity index is 2800. The van der Waals surface area contributed by atoms with E-state index in [0.29, 0.717) is 0 Å². The van der Waals surface area contributed by atoms with Crippen LogP contribution in [0.4, 0.5) is 0 Å². The summed E-state index contributed by atoms with van der Waals surface area (Å²) in [5.74, 6) is 0. The zero-order chi connectivity index (χ0) is 30.2. The van der Waals surface area contributed by atoms with Gasteiger partial charge >= 0.3 is 0 Å². The third-order valence-corrected chi connectivity index (χ3v) is 9.59. The average molecular weight is 586 g/mol. The molecule has 0 atom stereocenters. The summed E-state index contributed by atoms with van der Waals surface area (Å²) < 4.78 is 8.79. The first-order chi connectivity index (χ1) is 22.8. The summed E-state index contributed by atoms with van der Waals surface area (Å²) in [7, 11) is 0. The van der Waals surface area contributed by atoms with Crippen molar-refractivity contribution in [3.8, 4) is 27.9 Å². The highest BCUT2D eigenvalue weighted by Gasteiger charge is 2.16. The summed E-state index contributed by atoms with van der Waals surface area (Å²) in [5, 5.41) is 9.88. The predicted molar refractivity (Wildman–Crippen MR) is 194 cm³/mol. The first-order valence-electron chi connectivity index (χ1n) is 15.8. The lowest BCUT2D eigenvalue weighted by Gasteiger charge is -2.13. The van der Waals surface area contributed by atoms with Crippen LogP contribution in [0.3, 0.4) is 0 Å². The number of hydrogen-bond donors (Lipinski definition) is 0. The summed E-state index contributed by atoms with van der Waals surface area (Å²) in [6.45, 7) is 0. The topological polar surface area (TPSA) is 18.1 Å². The Hall–Kier alpha value is -6.12. The van der Waals surface area contributed by atoms with E-state index in [2.05, 4.69) is 156 Å². The molecular formula is C44H27NO. The van der Waals surface area contributed by atoms with Gasteiger partial charge in [-0.1, -0.05) is 121 Å². The Balaban J connectivity index is 1.13. The fourth-order valence-electron chi connectivity index (χ4n) is 7.48. The second kappa shape index (κ2) is 9.69. The molecule has 214 valence electrons. The first kappa shape index (κ1) is 25.2. The third kappa shape index (κ3) is 3.65. The van der Waals surface area contributed by atoms with E-state index in [1.165, 1.54) is 54.5 Å². The van der Waals surface area contributed by atoms with Crippen LogP contribution < -0.4 is 0 Å². The summed E-state index contributed by atoms with van der Waals surface area (Å²) >= 11 is 0. The quantitative estimate of drug-likeness (QED) is 0.189. The smallest absolute Gasteiger partial charge is 0.143 e. The molecule has 8 aromatic carbocycles.